The Morgan fingerprint density at radius 1 is 0.966 bits per heavy atom. The molecule has 1 aliphatic rings. The van der Waals surface area contributed by atoms with E-state index >= 15 is 0 Å². The third kappa shape index (κ3) is 3.72. The van der Waals surface area contributed by atoms with Crippen LogP contribution in [0.3, 0.4) is 0 Å². The number of nitrogen functional groups attached to an aromatic ring is 2. The van der Waals surface area contributed by atoms with E-state index in [9.17, 15) is 0 Å². The molecule has 0 bridgehead atoms. The van der Waals surface area contributed by atoms with Crippen molar-refractivity contribution in [3.63, 3.8) is 0 Å². The van der Waals surface area contributed by atoms with Crippen LogP contribution in [0.25, 0.3) is 21.8 Å². The summed E-state index contributed by atoms with van der Waals surface area (Å²) in [6.07, 6.45) is 5.82. The van der Waals surface area contributed by atoms with E-state index in [1.165, 1.54) is 19.3 Å². The van der Waals surface area contributed by atoms with Gasteiger partial charge >= 0.3 is 0 Å². The van der Waals surface area contributed by atoms with Crippen molar-refractivity contribution in [1.82, 2.24) is 15.0 Å². The molecule has 1 aromatic carbocycles. The molecule has 1 aliphatic carbocycles. The van der Waals surface area contributed by atoms with Gasteiger partial charge in [0.25, 0.3) is 0 Å². The monoisotopic (exact) mass is 397 g/mol. The van der Waals surface area contributed by atoms with E-state index in [-0.39, 0.29) is 5.95 Å². The summed E-state index contributed by atoms with van der Waals surface area (Å²) in [6, 6.07) is 3.77. The normalized spacial score (nSPS) is 15.1. The highest BCUT2D eigenvalue weighted by Gasteiger charge is 2.24. The van der Waals surface area contributed by atoms with Crippen LogP contribution in [0.5, 0.6) is 11.5 Å². The molecule has 0 spiro atoms. The molecule has 0 unspecified atom stereocenters. The van der Waals surface area contributed by atoms with Crippen molar-refractivity contribution in [3.05, 3.63) is 17.8 Å². The van der Waals surface area contributed by atoms with E-state index in [2.05, 4.69) is 9.97 Å². The van der Waals surface area contributed by atoms with Crippen LogP contribution in [0.4, 0.5) is 11.8 Å². The van der Waals surface area contributed by atoms with Gasteiger partial charge in [0.2, 0.25) is 5.95 Å². The Kier molecular flexibility index (Phi) is 5.53. The Balaban J connectivity index is 1.95. The summed E-state index contributed by atoms with van der Waals surface area (Å²) < 4.78 is 16.5. The van der Waals surface area contributed by atoms with Crippen molar-refractivity contribution in [2.24, 2.45) is 0 Å². The Labute approximate surface area is 169 Å². The highest BCUT2D eigenvalue weighted by Crippen LogP contribution is 2.41. The molecular formula is C21H27N5O3. The van der Waals surface area contributed by atoms with Gasteiger partial charge in [-0.25, -0.2) is 4.98 Å². The standard InChI is InChI=1S/C21H27N5O3/c1-27-8-9-29-16-11-14-13(10-15(16)28-2)19-17(20(22)26-21(23)25-19)18(24-14)12-6-4-3-5-7-12/h10-12H,3-9H2,1-2H3,(H4,22,23,25,26). The van der Waals surface area contributed by atoms with Crippen LogP contribution in [0.15, 0.2) is 12.1 Å². The Morgan fingerprint density at radius 3 is 2.48 bits per heavy atom. The lowest BCUT2D eigenvalue weighted by Gasteiger charge is -2.23. The van der Waals surface area contributed by atoms with Crippen molar-refractivity contribution in [2.75, 3.05) is 38.9 Å². The summed E-state index contributed by atoms with van der Waals surface area (Å²) >= 11 is 0. The first-order valence-electron chi connectivity index (χ1n) is 9.98. The first kappa shape index (κ1) is 19.4. The number of nitrogens with zero attached hydrogens (tertiary/aromatic N) is 3. The SMILES string of the molecule is COCCOc1cc2nc(C3CCCCC3)c3c(N)nc(N)nc3c2cc1OC. The second kappa shape index (κ2) is 8.24. The summed E-state index contributed by atoms with van der Waals surface area (Å²) in [5.74, 6) is 2.08. The van der Waals surface area contributed by atoms with Crippen molar-refractivity contribution in [1.29, 1.82) is 0 Å². The zero-order valence-corrected chi connectivity index (χ0v) is 16.9. The Bertz CT molecular complexity index is 1030. The van der Waals surface area contributed by atoms with E-state index in [0.717, 1.165) is 34.8 Å². The molecule has 4 rings (SSSR count). The molecule has 3 aromatic rings. The molecular weight excluding hydrogens is 370 g/mol. The van der Waals surface area contributed by atoms with Crippen LogP contribution in [-0.2, 0) is 4.74 Å². The zero-order chi connectivity index (χ0) is 20.4. The quantitative estimate of drug-likeness (QED) is 0.480. The first-order valence-corrected chi connectivity index (χ1v) is 9.98. The lowest BCUT2D eigenvalue weighted by atomic mass is 9.85. The van der Waals surface area contributed by atoms with Crippen molar-refractivity contribution in [3.8, 4) is 11.5 Å². The van der Waals surface area contributed by atoms with E-state index in [1.807, 2.05) is 12.1 Å². The molecule has 1 saturated carbocycles. The van der Waals surface area contributed by atoms with E-state index in [0.29, 0.717) is 42.0 Å². The number of hydrogen-bond donors (Lipinski definition) is 2. The third-order valence-electron chi connectivity index (χ3n) is 5.53. The molecule has 0 aliphatic heterocycles. The van der Waals surface area contributed by atoms with Crippen LogP contribution in [-0.4, -0.2) is 42.4 Å². The number of fused-ring (bicyclic) bond motifs is 3. The highest BCUT2D eigenvalue weighted by atomic mass is 16.5. The molecule has 0 radical (unpaired) electrons. The number of pyridine rings is 1. The highest BCUT2D eigenvalue weighted by molar-refractivity contribution is 6.09. The number of nitrogens with two attached hydrogens (primary N) is 2. The molecule has 154 valence electrons. The minimum atomic E-state index is 0.150. The second-order valence-electron chi connectivity index (χ2n) is 7.38. The van der Waals surface area contributed by atoms with Gasteiger partial charge in [0.05, 0.1) is 35.8 Å². The molecule has 8 heteroatoms. The maximum absolute atomic E-state index is 6.30. The average Bonchev–Trinajstić information content (AvgIpc) is 2.73. The smallest absolute Gasteiger partial charge is 0.222 e. The van der Waals surface area contributed by atoms with Gasteiger partial charge in [0, 0.05) is 24.5 Å². The predicted molar refractivity (Wildman–Crippen MR) is 113 cm³/mol. The average molecular weight is 397 g/mol. The predicted octanol–water partition coefficient (Wildman–Crippen LogP) is 3.42. The minimum absolute atomic E-state index is 0.150. The molecule has 1 fully saturated rings. The van der Waals surface area contributed by atoms with Crippen LogP contribution in [0.2, 0.25) is 0 Å². The fourth-order valence-electron chi connectivity index (χ4n) is 4.14. The molecule has 0 saturated heterocycles. The number of methoxy groups -OCH3 is 2. The molecule has 0 atom stereocenters. The summed E-state index contributed by atoms with van der Waals surface area (Å²) in [6.45, 7) is 0.906. The fourth-order valence-corrected chi connectivity index (χ4v) is 4.14. The van der Waals surface area contributed by atoms with Gasteiger partial charge in [-0.1, -0.05) is 19.3 Å². The van der Waals surface area contributed by atoms with E-state index in [1.54, 1.807) is 14.2 Å². The van der Waals surface area contributed by atoms with Crippen molar-refractivity contribution >= 4 is 33.6 Å². The first-order chi connectivity index (χ1) is 14.1. The number of ether oxygens (including phenoxy) is 3. The van der Waals surface area contributed by atoms with Gasteiger partial charge in [-0.15, -0.1) is 0 Å². The fraction of sp³-hybridized carbons (Fsp3) is 0.476. The Morgan fingerprint density at radius 2 is 1.76 bits per heavy atom. The summed E-state index contributed by atoms with van der Waals surface area (Å²) in [5.41, 5.74) is 14.7. The number of aromatic nitrogens is 3. The summed E-state index contributed by atoms with van der Waals surface area (Å²) in [4.78, 5) is 13.8. The zero-order valence-electron chi connectivity index (χ0n) is 16.9. The largest absolute Gasteiger partial charge is 0.493 e. The lowest BCUT2D eigenvalue weighted by Crippen LogP contribution is -2.11. The summed E-state index contributed by atoms with van der Waals surface area (Å²) in [7, 11) is 3.24. The summed E-state index contributed by atoms with van der Waals surface area (Å²) in [5, 5.41) is 1.62. The molecule has 8 nitrogen and oxygen atoms in total. The van der Waals surface area contributed by atoms with Gasteiger partial charge in [-0.05, 0) is 18.9 Å². The topological polar surface area (TPSA) is 118 Å². The van der Waals surface area contributed by atoms with Gasteiger partial charge in [-0.3, -0.25) is 4.98 Å². The lowest BCUT2D eigenvalue weighted by molar-refractivity contribution is 0.144. The number of anilines is 2. The molecule has 29 heavy (non-hydrogen) atoms. The van der Waals surface area contributed by atoms with Gasteiger partial charge in [0.15, 0.2) is 11.5 Å². The van der Waals surface area contributed by atoms with Gasteiger partial charge in [-0.2, -0.15) is 4.98 Å². The Hall–Kier alpha value is -2.87. The van der Waals surface area contributed by atoms with Gasteiger partial charge < -0.3 is 25.7 Å². The number of benzene rings is 1. The van der Waals surface area contributed by atoms with Crippen LogP contribution < -0.4 is 20.9 Å². The number of rotatable bonds is 6. The van der Waals surface area contributed by atoms with Crippen LogP contribution >= 0.6 is 0 Å². The molecule has 2 aromatic heterocycles. The van der Waals surface area contributed by atoms with Crippen LogP contribution in [0, 0.1) is 0 Å². The number of hydrogen-bond acceptors (Lipinski definition) is 8. The third-order valence-corrected chi connectivity index (χ3v) is 5.53. The van der Waals surface area contributed by atoms with E-state index in [4.69, 9.17) is 30.7 Å². The van der Waals surface area contributed by atoms with Crippen molar-refractivity contribution in [2.45, 2.75) is 38.0 Å². The maximum Gasteiger partial charge on any atom is 0.222 e. The van der Waals surface area contributed by atoms with Crippen molar-refractivity contribution < 1.29 is 14.2 Å². The molecule has 4 N–H and O–H groups in total. The van der Waals surface area contributed by atoms with Crippen LogP contribution in [0.1, 0.15) is 43.7 Å². The molecule has 0 amide bonds. The molecule has 2 heterocycles. The maximum atomic E-state index is 6.30. The van der Waals surface area contributed by atoms with E-state index < -0.39 is 0 Å². The van der Waals surface area contributed by atoms with Gasteiger partial charge in [0.1, 0.15) is 12.4 Å². The second-order valence-corrected chi connectivity index (χ2v) is 7.38. The minimum Gasteiger partial charge on any atom is -0.493 e.